The Morgan fingerprint density at radius 3 is 2.50 bits per heavy atom. The van der Waals surface area contributed by atoms with Gasteiger partial charge < -0.3 is 15.4 Å². The fourth-order valence-corrected chi connectivity index (χ4v) is 2.06. The van der Waals surface area contributed by atoms with Gasteiger partial charge in [0.1, 0.15) is 12.2 Å². The Labute approximate surface area is 159 Å². The molecule has 2 rings (SSSR count). The van der Waals surface area contributed by atoms with Crippen molar-refractivity contribution in [2.24, 2.45) is 12.0 Å². The number of benzene rings is 1. The van der Waals surface area contributed by atoms with Crippen molar-refractivity contribution >= 4 is 29.9 Å². The largest absolute Gasteiger partial charge is 0.380 e. The number of rotatable bonds is 7. The Morgan fingerprint density at radius 2 is 1.92 bits per heavy atom. The van der Waals surface area contributed by atoms with E-state index in [1.54, 1.807) is 18.1 Å². The summed E-state index contributed by atoms with van der Waals surface area (Å²) < 4.78 is 6.86. The molecule has 1 aromatic carbocycles. The molecule has 132 valence electrons. The highest BCUT2D eigenvalue weighted by atomic mass is 127. The number of hydrogen-bond acceptors (Lipinski definition) is 4. The minimum atomic E-state index is 0. The molecule has 0 aliphatic heterocycles. The zero-order valence-corrected chi connectivity index (χ0v) is 16.7. The molecule has 0 saturated carbocycles. The SMILES string of the molecule is CCNC(=NCc1ccc(COC)cc1)NCc1ncnn1C.I. The van der Waals surface area contributed by atoms with Gasteiger partial charge in [-0.2, -0.15) is 5.10 Å². The van der Waals surface area contributed by atoms with Gasteiger partial charge in [-0.1, -0.05) is 24.3 Å². The Bertz CT molecular complexity index is 626. The lowest BCUT2D eigenvalue weighted by molar-refractivity contribution is 0.185. The highest BCUT2D eigenvalue weighted by molar-refractivity contribution is 14.0. The molecule has 0 aliphatic rings. The third-order valence-electron chi connectivity index (χ3n) is 3.32. The molecule has 0 spiro atoms. The number of aryl methyl sites for hydroxylation is 1. The zero-order chi connectivity index (χ0) is 16.5. The van der Waals surface area contributed by atoms with E-state index in [9.17, 15) is 0 Å². The van der Waals surface area contributed by atoms with Crippen molar-refractivity contribution in [2.75, 3.05) is 13.7 Å². The Balaban J connectivity index is 0.00000288. The third-order valence-corrected chi connectivity index (χ3v) is 3.32. The number of hydrogen-bond donors (Lipinski definition) is 2. The zero-order valence-electron chi connectivity index (χ0n) is 14.3. The van der Waals surface area contributed by atoms with Gasteiger partial charge in [0.05, 0.1) is 19.7 Å². The maximum Gasteiger partial charge on any atom is 0.191 e. The van der Waals surface area contributed by atoms with Gasteiger partial charge in [-0.3, -0.25) is 4.68 Å². The molecule has 1 aromatic heterocycles. The summed E-state index contributed by atoms with van der Waals surface area (Å²) in [4.78, 5) is 8.78. The monoisotopic (exact) mass is 444 g/mol. The van der Waals surface area contributed by atoms with Crippen LogP contribution < -0.4 is 10.6 Å². The molecule has 24 heavy (non-hydrogen) atoms. The van der Waals surface area contributed by atoms with Gasteiger partial charge >= 0.3 is 0 Å². The summed E-state index contributed by atoms with van der Waals surface area (Å²) in [5.41, 5.74) is 2.31. The number of halogens is 1. The van der Waals surface area contributed by atoms with E-state index in [0.29, 0.717) is 19.7 Å². The Hall–Kier alpha value is -1.68. The van der Waals surface area contributed by atoms with Crippen LogP contribution in [0.5, 0.6) is 0 Å². The van der Waals surface area contributed by atoms with Crippen molar-refractivity contribution in [2.45, 2.75) is 26.6 Å². The van der Waals surface area contributed by atoms with Crippen LogP contribution in [0.15, 0.2) is 35.6 Å². The lowest BCUT2D eigenvalue weighted by Gasteiger charge is -2.11. The summed E-state index contributed by atoms with van der Waals surface area (Å²) >= 11 is 0. The first kappa shape index (κ1) is 20.4. The predicted molar refractivity (Wildman–Crippen MR) is 105 cm³/mol. The average molecular weight is 444 g/mol. The molecule has 2 N–H and O–H groups in total. The molecule has 1 heterocycles. The first-order chi connectivity index (χ1) is 11.2. The number of aliphatic imine (C=N–C) groups is 1. The molecule has 0 saturated heterocycles. The second-order valence-corrected chi connectivity index (χ2v) is 5.10. The van der Waals surface area contributed by atoms with Gasteiger partial charge in [-0.15, -0.1) is 24.0 Å². The Morgan fingerprint density at radius 1 is 1.21 bits per heavy atom. The summed E-state index contributed by atoms with van der Waals surface area (Å²) in [5.74, 6) is 1.62. The average Bonchev–Trinajstić information content (AvgIpc) is 2.97. The third kappa shape index (κ3) is 6.44. The lowest BCUT2D eigenvalue weighted by atomic mass is 10.1. The highest BCUT2D eigenvalue weighted by Crippen LogP contribution is 2.06. The molecule has 7 nitrogen and oxygen atoms in total. The molecule has 2 aromatic rings. The number of nitrogens with zero attached hydrogens (tertiary/aromatic N) is 4. The van der Waals surface area contributed by atoms with Crippen LogP contribution in [0.4, 0.5) is 0 Å². The molecule has 0 atom stereocenters. The number of aromatic nitrogens is 3. The molecule has 0 fully saturated rings. The fourth-order valence-electron chi connectivity index (χ4n) is 2.06. The second-order valence-electron chi connectivity index (χ2n) is 5.10. The topological polar surface area (TPSA) is 76.4 Å². The second kappa shape index (κ2) is 11.0. The fraction of sp³-hybridized carbons (Fsp3) is 0.438. The molecule has 0 unspecified atom stereocenters. The number of methoxy groups -OCH3 is 1. The maximum absolute atomic E-state index is 5.11. The van der Waals surface area contributed by atoms with Crippen LogP contribution in [0, 0.1) is 0 Å². The van der Waals surface area contributed by atoms with E-state index in [2.05, 4.69) is 50.0 Å². The lowest BCUT2D eigenvalue weighted by Crippen LogP contribution is -2.37. The molecule has 0 aliphatic carbocycles. The number of nitrogens with one attached hydrogen (secondary N) is 2. The normalized spacial score (nSPS) is 11.0. The van der Waals surface area contributed by atoms with Gasteiger partial charge in [-0.05, 0) is 18.1 Å². The smallest absolute Gasteiger partial charge is 0.191 e. The van der Waals surface area contributed by atoms with Gasteiger partial charge in [-0.25, -0.2) is 9.98 Å². The van der Waals surface area contributed by atoms with Crippen LogP contribution in [0.2, 0.25) is 0 Å². The molecule has 8 heteroatoms. The van der Waals surface area contributed by atoms with E-state index < -0.39 is 0 Å². The van der Waals surface area contributed by atoms with E-state index in [1.165, 1.54) is 0 Å². The van der Waals surface area contributed by atoms with Crippen molar-refractivity contribution in [3.63, 3.8) is 0 Å². The van der Waals surface area contributed by atoms with Crippen molar-refractivity contribution in [3.8, 4) is 0 Å². The summed E-state index contributed by atoms with van der Waals surface area (Å²) in [6.07, 6.45) is 1.54. The van der Waals surface area contributed by atoms with Gasteiger partial charge in [0.25, 0.3) is 0 Å². The minimum Gasteiger partial charge on any atom is -0.380 e. The number of guanidine groups is 1. The van der Waals surface area contributed by atoms with Crippen LogP contribution in [-0.2, 0) is 31.5 Å². The van der Waals surface area contributed by atoms with Crippen LogP contribution in [-0.4, -0.2) is 34.4 Å². The van der Waals surface area contributed by atoms with Crippen LogP contribution in [0.3, 0.4) is 0 Å². The quantitative estimate of drug-likeness (QED) is 0.387. The maximum atomic E-state index is 5.11. The van der Waals surface area contributed by atoms with E-state index in [-0.39, 0.29) is 24.0 Å². The minimum absolute atomic E-state index is 0. The van der Waals surface area contributed by atoms with Crippen LogP contribution >= 0.6 is 24.0 Å². The van der Waals surface area contributed by atoms with Crippen molar-refractivity contribution < 1.29 is 4.74 Å². The molecule has 0 bridgehead atoms. The van der Waals surface area contributed by atoms with E-state index >= 15 is 0 Å². The first-order valence-corrected chi connectivity index (χ1v) is 7.64. The van der Waals surface area contributed by atoms with Gasteiger partial charge in [0.15, 0.2) is 5.96 Å². The van der Waals surface area contributed by atoms with Crippen LogP contribution in [0.1, 0.15) is 23.9 Å². The summed E-state index contributed by atoms with van der Waals surface area (Å²) in [7, 11) is 3.57. The van der Waals surface area contributed by atoms with Gasteiger partial charge in [0.2, 0.25) is 0 Å². The highest BCUT2D eigenvalue weighted by Gasteiger charge is 2.02. The molecular weight excluding hydrogens is 419 g/mol. The van der Waals surface area contributed by atoms with Crippen molar-refractivity contribution in [3.05, 3.63) is 47.5 Å². The van der Waals surface area contributed by atoms with Crippen molar-refractivity contribution in [1.29, 1.82) is 0 Å². The van der Waals surface area contributed by atoms with Crippen LogP contribution in [0.25, 0.3) is 0 Å². The summed E-state index contributed by atoms with van der Waals surface area (Å²) in [6, 6.07) is 8.27. The van der Waals surface area contributed by atoms with E-state index in [1.807, 2.05) is 14.0 Å². The predicted octanol–water partition coefficient (Wildman–Crippen LogP) is 1.83. The number of ether oxygens (including phenoxy) is 1. The van der Waals surface area contributed by atoms with Gasteiger partial charge in [0, 0.05) is 20.7 Å². The standard InChI is InChI=1S/C16H24N6O.HI/c1-4-17-16(19-10-15-20-12-21-22(15)2)18-9-13-5-7-14(8-6-13)11-23-3;/h5-8,12H,4,9-11H2,1-3H3,(H2,17,18,19);1H. The van der Waals surface area contributed by atoms with Crippen molar-refractivity contribution in [1.82, 2.24) is 25.4 Å². The Kier molecular flexibility index (Phi) is 9.31. The van der Waals surface area contributed by atoms with E-state index in [0.717, 1.165) is 29.5 Å². The summed E-state index contributed by atoms with van der Waals surface area (Å²) in [6.45, 7) is 4.67. The molecule has 0 amide bonds. The van der Waals surface area contributed by atoms with E-state index in [4.69, 9.17) is 4.74 Å². The first-order valence-electron chi connectivity index (χ1n) is 7.64. The molecule has 0 radical (unpaired) electrons. The summed E-state index contributed by atoms with van der Waals surface area (Å²) in [5, 5.41) is 10.5. The molecular formula is C16H25IN6O.